The molecule has 7 nitrogen and oxygen atoms in total. The Morgan fingerprint density at radius 1 is 1.19 bits per heavy atom. The number of alkyl halides is 5. The van der Waals surface area contributed by atoms with E-state index in [9.17, 15) is 31.1 Å². The number of pyridine rings is 1. The Labute approximate surface area is 170 Å². The molecular weight excluding hydrogens is 432 g/mol. The zero-order chi connectivity index (χ0) is 22.8. The van der Waals surface area contributed by atoms with Gasteiger partial charge < -0.3 is 4.42 Å². The van der Waals surface area contributed by atoms with Gasteiger partial charge in [0.2, 0.25) is 5.89 Å². The maximum atomic E-state index is 13.6. The standard InChI is InChI=1S/C18H11F6N5O2/c1-29(17(30)11-3-2-4-12(19)13(11)18(22,23)24)26-8-10-6-5-9(7-25-10)15-27-28-16(31-15)14(20)21/h2-8,14H,1H3/b26-8+. The number of carbonyl (C=O) groups excluding carboxylic acids is 1. The number of amides is 1. The van der Waals surface area contributed by atoms with Gasteiger partial charge in [-0.3, -0.25) is 9.78 Å². The molecule has 2 heterocycles. The van der Waals surface area contributed by atoms with Crippen LogP contribution in [0.4, 0.5) is 26.3 Å². The van der Waals surface area contributed by atoms with Crippen LogP contribution in [0.5, 0.6) is 0 Å². The van der Waals surface area contributed by atoms with Gasteiger partial charge in [-0.25, -0.2) is 9.40 Å². The Morgan fingerprint density at radius 2 is 1.94 bits per heavy atom. The lowest BCUT2D eigenvalue weighted by Gasteiger charge is -2.16. The van der Waals surface area contributed by atoms with E-state index in [1.54, 1.807) is 0 Å². The van der Waals surface area contributed by atoms with E-state index < -0.39 is 41.3 Å². The average Bonchev–Trinajstić information content (AvgIpc) is 3.21. The molecule has 0 radical (unpaired) electrons. The van der Waals surface area contributed by atoms with Crippen molar-refractivity contribution in [2.24, 2.45) is 5.10 Å². The van der Waals surface area contributed by atoms with Crippen LogP contribution in [0.2, 0.25) is 0 Å². The van der Waals surface area contributed by atoms with Crippen molar-refractivity contribution >= 4 is 12.1 Å². The van der Waals surface area contributed by atoms with Crippen molar-refractivity contribution in [3.63, 3.8) is 0 Å². The second-order valence-electron chi connectivity index (χ2n) is 5.95. The number of rotatable bonds is 5. The van der Waals surface area contributed by atoms with Crippen LogP contribution in [-0.2, 0) is 6.18 Å². The summed E-state index contributed by atoms with van der Waals surface area (Å²) in [5.74, 6) is -3.81. The summed E-state index contributed by atoms with van der Waals surface area (Å²) >= 11 is 0. The molecule has 31 heavy (non-hydrogen) atoms. The predicted molar refractivity (Wildman–Crippen MR) is 93.6 cm³/mol. The van der Waals surface area contributed by atoms with Crippen molar-refractivity contribution in [2.45, 2.75) is 12.6 Å². The van der Waals surface area contributed by atoms with Crippen LogP contribution in [0, 0.1) is 5.82 Å². The van der Waals surface area contributed by atoms with Gasteiger partial charge in [-0.05, 0) is 24.3 Å². The fraction of sp³-hybridized carbons (Fsp3) is 0.167. The minimum atomic E-state index is -5.07. The zero-order valence-electron chi connectivity index (χ0n) is 15.4. The first-order valence-electron chi connectivity index (χ1n) is 8.33. The van der Waals surface area contributed by atoms with E-state index in [0.717, 1.165) is 25.4 Å². The van der Waals surface area contributed by atoms with Crippen LogP contribution in [0.15, 0.2) is 46.0 Å². The van der Waals surface area contributed by atoms with E-state index in [1.807, 2.05) is 0 Å². The normalized spacial score (nSPS) is 12.0. The molecular formula is C18H11F6N5O2. The van der Waals surface area contributed by atoms with Gasteiger partial charge in [0.05, 0.1) is 23.0 Å². The highest BCUT2D eigenvalue weighted by atomic mass is 19.4. The van der Waals surface area contributed by atoms with Crippen molar-refractivity contribution in [3.05, 3.63) is 65.1 Å². The summed E-state index contributed by atoms with van der Waals surface area (Å²) in [6, 6.07) is 5.18. The molecule has 2 aromatic heterocycles. The van der Waals surface area contributed by atoms with Gasteiger partial charge in [0.1, 0.15) is 11.4 Å². The molecule has 13 heteroatoms. The van der Waals surface area contributed by atoms with E-state index in [-0.39, 0.29) is 17.1 Å². The van der Waals surface area contributed by atoms with Gasteiger partial charge in [-0.1, -0.05) is 6.07 Å². The molecule has 0 bridgehead atoms. The molecule has 0 atom stereocenters. The lowest BCUT2D eigenvalue weighted by atomic mass is 10.1. The molecule has 0 aliphatic heterocycles. The first-order chi connectivity index (χ1) is 14.6. The average molecular weight is 443 g/mol. The van der Waals surface area contributed by atoms with Gasteiger partial charge >= 0.3 is 12.6 Å². The zero-order valence-corrected chi connectivity index (χ0v) is 15.4. The molecule has 0 saturated carbocycles. The Morgan fingerprint density at radius 3 is 2.52 bits per heavy atom. The maximum Gasteiger partial charge on any atom is 0.420 e. The molecule has 0 fully saturated rings. The molecule has 1 aromatic carbocycles. The van der Waals surface area contributed by atoms with E-state index in [2.05, 4.69) is 20.3 Å². The van der Waals surface area contributed by atoms with Gasteiger partial charge in [0.15, 0.2) is 0 Å². The summed E-state index contributed by atoms with van der Waals surface area (Å²) in [6.07, 6.45) is -5.73. The Balaban J connectivity index is 1.76. The number of hydrogen-bond acceptors (Lipinski definition) is 6. The molecule has 0 spiro atoms. The molecule has 0 unspecified atom stereocenters. The van der Waals surface area contributed by atoms with Gasteiger partial charge in [-0.2, -0.15) is 27.1 Å². The highest BCUT2D eigenvalue weighted by Gasteiger charge is 2.39. The molecule has 0 saturated heterocycles. The van der Waals surface area contributed by atoms with E-state index in [0.29, 0.717) is 11.1 Å². The second-order valence-corrected chi connectivity index (χ2v) is 5.95. The van der Waals surface area contributed by atoms with Crippen molar-refractivity contribution in [1.82, 2.24) is 20.2 Å². The highest BCUT2D eigenvalue weighted by molar-refractivity contribution is 5.96. The third kappa shape index (κ3) is 4.87. The smallest absolute Gasteiger partial charge is 0.415 e. The maximum absolute atomic E-state index is 13.6. The van der Waals surface area contributed by atoms with E-state index in [4.69, 9.17) is 4.42 Å². The number of hydrogen-bond donors (Lipinski definition) is 0. The van der Waals surface area contributed by atoms with Crippen molar-refractivity contribution in [2.75, 3.05) is 7.05 Å². The quantitative estimate of drug-likeness (QED) is 0.333. The fourth-order valence-corrected chi connectivity index (χ4v) is 2.41. The first-order valence-corrected chi connectivity index (χ1v) is 8.33. The molecule has 1 amide bonds. The summed E-state index contributed by atoms with van der Waals surface area (Å²) in [6.45, 7) is 0. The number of aromatic nitrogens is 3. The summed E-state index contributed by atoms with van der Waals surface area (Å²) < 4.78 is 82.7. The predicted octanol–water partition coefficient (Wildman–Crippen LogP) is 4.33. The molecule has 0 N–H and O–H groups in total. The third-order valence-corrected chi connectivity index (χ3v) is 3.85. The Bertz CT molecular complexity index is 1110. The van der Waals surface area contributed by atoms with Crippen molar-refractivity contribution < 1.29 is 35.6 Å². The monoisotopic (exact) mass is 443 g/mol. The lowest BCUT2D eigenvalue weighted by molar-refractivity contribution is -0.140. The highest BCUT2D eigenvalue weighted by Crippen LogP contribution is 2.34. The number of carbonyl (C=O) groups is 1. The van der Waals surface area contributed by atoms with E-state index in [1.165, 1.54) is 18.3 Å². The van der Waals surface area contributed by atoms with Crippen LogP contribution >= 0.6 is 0 Å². The van der Waals surface area contributed by atoms with Crippen LogP contribution in [-0.4, -0.2) is 39.4 Å². The lowest BCUT2D eigenvalue weighted by Crippen LogP contribution is -2.25. The SMILES string of the molecule is CN(/N=C/c1ccc(-c2nnc(C(F)F)o2)cn1)C(=O)c1cccc(F)c1C(F)(F)F. The fourth-order valence-electron chi connectivity index (χ4n) is 2.41. The Hall–Kier alpha value is -3.77. The minimum absolute atomic E-state index is 0.173. The van der Waals surface area contributed by atoms with Crippen molar-refractivity contribution in [3.8, 4) is 11.5 Å². The summed E-state index contributed by atoms with van der Waals surface area (Å²) in [7, 11) is 1.09. The van der Waals surface area contributed by atoms with Crippen LogP contribution < -0.4 is 0 Å². The summed E-state index contributed by atoms with van der Waals surface area (Å²) in [5.41, 5.74) is -2.18. The van der Waals surface area contributed by atoms with Crippen LogP contribution in [0.1, 0.15) is 33.9 Å². The Kier molecular flexibility index (Phi) is 6.04. The summed E-state index contributed by atoms with van der Waals surface area (Å²) in [5, 5.41) is 10.9. The van der Waals surface area contributed by atoms with Gasteiger partial charge in [-0.15, -0.1) is 10.2 Å². The number of halogens is 6. The number of benzene rings is 1. The molecule has 0 aliphatic rings. The molecule has 162 valence electrons. The first kappa shape index (κ1) is 21.9. The number of hydrazone groups is 1. The minimum Gasteiger partial charge on any atom is -0.415 e. The molecule has 0 aliphatic carbocycles. The van der Waals surface area contributed by atoms with Crippen LogP contribution in [0.3, 0.4) is 0 Å². The topological polar surface area (TPSA) is 84.5 Å². The third-order valence-electron chi connectivity index (χ3n) is 3.85. The summed E-state index contributed by atoms with van der Waals surface area (Å²) in [4.78, 5) is 16.3. The van der Waals surface area contributed by atoms with Gasteiger partial charge in [0, 0.05) is 13.2 Å². The molecule has 3 aromatic rings. The molecule has 3 rings (SSSR count). The van der Waals surface area contributed by atoms with E-state index >= 15 is 0 Å². The largest absolute Gasteiger partial charge is 0.420 e. The van der Waals surface area contributed by atoms with Crippen LogP contribution in [0.25, 0.3) is 11.5 Å². The van der Waals surface area contributed by atoms with Gasteiger partial charge in [0.25, 0.3) is 11.8 Å². The number of nitrogens with zero attached hydrogens (tertiary/aromatic N) is 5. The second kappa shape index (κ2) is 8.53. The van der Waals surface area contributed by atoms with Crippen molar-refractivity contribution in [1.29, 1.82) is 0 Å².